The molecule has 0 aliphatic heterocycles. The molecule has 0 N–H and O–H groups in total. The van der Waals surface area contributed by atoms with Crippen molar-refractivity contribution in [2.75, 3.05) is 0 Å². The van der Waals surface area contributed by atoms with Gasteiger partial charge in [0.15, 0.2) is 0 Å². The van der Waals surface area contributed by atoms with E-state index in [1.807, 2.05) is 23.6 Å². The number of nitrogens with zero attached hydrogens (tertiary/aromatic N) is 2. The topological polar surface area (TPSA) is 59.0 Å². The second kappa shape index (κ2) is 7.44. The predicted octanol–water partition coefficient (Wildman–Crippen LogP) is 5.66. The molecule has 3 heterocycles. The van der Waals surface area contributed by atoms with Gasteiger partial charge in [-0.15, -0.1) is 11.3 Å². The first-order valence-corrected chi connectivity index (χ1v) is 9.02. The van der Waals surface area contributed by atoms with Crippen molar-refractivity contribution >= 4 is 11.3 Å². The van der Waals surface area contributed by atoms with Gasteiger partial charge in [0, 0.05) is 5.56 Å². The lowest BCUT2D eigenvalue weighted by Gasteiger charge is -2.12. The Labute approximate surface area is 159 Å². The maximum Gasteiger partial charge on any atom is 0.233 e. The summed E-state index contributed by atoms with van der Waals surface area (Å²) in [7, 11) is 0. The molecule has 6 heteroatoms. The summed E-state index contributed by atoms with van der Waals surface area (Å²) in [5.74, 6) is 0.479. The lowest BCUT2D eigenvalue weighted by molar-refractivity contribution is 0.293. The van der Waals surface area contributed by atoms with Crippen LogP contribution in [0.2, 0.25) is 0 Å². The van der Waals surface area contributed by atoms with Crippen LogP contribution in [0.25, 0.3) is 21.9 Å². The number of ether oxygens (including phenoxy) is 1. The highest BCUT2D eigenvalue weighted by Crippen LogP contribution is 2.35. The van der Waals surface area contributed by atoms with Crippen molar-refractivity contribution < 1.29 is 13.5 Å². The zero-order chi connectivity index (χ0) is 18.6. The molecule has 0 aliphatic rings. The molecule has 0 aliphatic carbocycles. The lowest BCUT2D eigenvalue weighted by Crippen LogP contribution is -2.02. The van der Waals surface area contributed by atoms with Crippen LogP contribution in [0.5, 0.6) is 5.88 Å². The number of thiophene rings is 1. The van der Waals surface area contributed by atoms with Gasteiger partial charge in [-0.05, 0) is 47.3 Å². The molecule has 3 aromatic heterocycles. The third-order valence-corrected chi connectivity index (χ3v) is 4.84. The Hall–Kier alpha value is -3.43. The van der Waals surface area contributed by atoms with Crippen molar-refractivity contribution in [1.82, 2.24) is 4.98 Å². The minimum Gasteiger partial charge on any atom is -0.472 e. The van der Waals surface area contributed by atoms with Crippen LogP contribution in [-0.2, 0) is 6.61 Å². The number of nitriles is 1. The average molecular weight is 376 g/mol. The fraction of sp³-hybridized carbons (Fsp3) is 0.0476. The van der Waals surface area contributed by atoms with Crippen molar-refractivity contribution in [1.29, 1.82) is 5.26 Å². The summed E-state index contributed by atoms with van der Waals surface area (Å²) in [6.45, 7) is 0.174. The number of halogens is 1. The third-order valence-electron chi connectivity index (χ3n) is 3.95. The molecular weight excluding hydrogens is 363 g/mol. The predicted molar refractivity (Wildman–Crippen MR) is 101 cm³/mol. The van der Waals surface area contributed by atoms with Gasteiger partial charge in [-0.1, -0.05) is 18.2 Å². The van der Waals surface area contributed by atoms with Crippen molar-refractivity contribution in [2.24, 2.45) is 0 Å². The number of furan rings is 1. The molecule has 0 fully saturated rings. The molecule has 4 aromatic rings. The van der Waals surface area contributed by atoms with Crippen LogP contribution in [0.4, 0.5) is 4.39 Å². The highest BCUT2D eigenvalue weighted by atomic mass is 32.1. The molecule has 0 atom stereocenters. The van der Waals surface area contributed by atoms with Crippen LogP contribution >= 0.6 is 11.3 Å². The summed E-state index contributed by atoms with van der Waals surface area (Å²) >= 11 is 1.55. The SMILES string of the molecule is N#Cc1c(-c2ccco2)cc(-c2cccs2)nc1OCc1ccc(F)cc1. The van der Waals surface area contributed by atoms with E-state index in [-0.39, 0.29) is 18.3 Å². The highest BCUT2D eigenvalue weighted by molar-refractivity contribution is 7.13. The molecule has 0 bridgehead atoms. The molecule has 4 nitrogen and oxygen atoms in total. The van der Waals surface area contributed by atoms with Gasteiger partial charge < -0.3 is 9.15 Å². The van der Waals surface area contributed by atoms with E-state index >= 15 is 0 Å². The number of pyridine rings is 1. The van der Waals surface area contributed by atoms with E-state index in [1.54, 1.807) is 41.9 Å². The van der Waals surface area contributed by atoms with E-state index in [0.717, 1.165) is 10.4 Å². The van der Waals surface area contributed by atoms with E-state index in [4.69, 9.17) is 9.15 Å². The Bertz CT molecular complexity index is 1080. The molecule has 0 amide bonds. The molecule has 0 unspecified atom stereocenters. The van der Waals surface area contributed by atoms with Crippen molar-refractivity contribution in [3.63, 3.8) is 0 Å². The Morgan fingerprint density at radius 1 is 1.15 bits per heavy atom. The number of rotatable bonds is 5. The number of aromatic nitrogens is 1. The summed E-state index contributed by atoms with van der Waals surface area (Å²) in [6.07, 6.45) is 1.56. The second-order valence-electron chi connectivity index (χ2n) is 5.72. The number of hydrogen-bond acceptors (Lipinski definition) is 5. The second-order valence-corrected chi connectivity index (χ2v) is 6.66. The van der Waals surface area contributed by atoms with Crippen molar-refractivity contribution in [3.8, 4) is 33.8 Å². The van der Waals surface area contributed by atoms with Gasteiger partial charge in [-0.2, -0.15) is 5.26 Å². The van der Waals surface area contributed by atoms with Crippen LogP contribution in [0.15, 0.2) is 70.7 Å². The largest absolute Gasteiger partial charge is 0.472 e. The van der Waals surface area contributed by atoms with Gasteiger partial charge in [-0.3, -0.25) is 0 Å². The minimum absolute atomic E-state index is 0.174. The fourth-order valence-corrected chi connectivity index (χ4v) is 3.33. The van der Waals surface area contributed by atoms with Crippen LogP contribution in [0, 0.1) is 17.1 Å². The summed E-state index contributed by atoms with van der Waals surface area (Å²) in [5.41, 5.74) is 2.40. The first-order valence-electron chi connectivity index (χ1n) is 8.15. The van der Waals surface area contributed by atoms with Gasteiger partial charge in [0.25, 0.3) is 0 Å². The molecule has 4 rings (SSSR count). The molecule has 0 spiro atoms. The van der Waals surface area contributed by atoms with E-state index in [9.17, 15) is 9.65 Å². The Kier molecular flexibility index (Phi) is 4.69. The quantitative estimate of drug-likeness (QED) is 0.451. The first kappa shape index (κ1) is 17.0. The fourth-order valence-electron chi connectivity index (χ4n) is 2.64. The molecule has 27 heavy (non-hydrogen) atoms. The third kappa shape index (κ3) is 3.59. The Morgan fingerprint density at radius 2 is 2.00 bits per heavy atom. The first-order chi connectivity index (χ1) is 13.2. The molecule has 132 valence electrons. The van der Waals surface area contributed by atoms with Crippen LogP contribution in [0.1, 0.15) is 11.1 Å². The molecule has 1 aromatic carbocycles. The van der Waals surface area contributed by atoms with Crippen molar-refractivity contribution in [3.05, 3.63) is 83.2 Å². The van der Waals surface area contributed by atoms with E-state index in [1.165, 1.54) is 12.1 Å². The van der Waals surface area contributed by atoms with Gasteiger partial charge in [0.05, 0.1) is 16.8 Å². The normalized spacial score (nSPS) is 10.5. The van der Waals surface area contributed by atoms with Gasteiger partial charge in [0.1, 0.15) is 29.8 Å². The Morgan fingerprint density at radius 3 is 2.67 bits per heavy atom. The van der Waals surface area contributed by atoms with Crippen LogP contribution in [-0.4, -0.2) is 4.98 Å². The highest BCUT2D eigenvalue weighted by Gasteiger charge is 2.18. The van der Waals surface area contributed by atoms with Crippen LogP contribution < -0.4 is 4.74 Å². The summed E-state index contributed by atoms with van der Waals surface area (Å²) in [6, 6.07) is 17.4. The smallest absolute Gasteiger partial charge is 0.233 e. The average Bonchev–Trinajstić information content (AvgIpc) is 3.40. The summed E-state index contributed by atoms with van der Waals surface area (Å²) in [4.78, 5) is 5.50. The maximum absolute atomic E-state index is 13.1. The van der Waals surface area contributed by atoms with Crippen LogP contribution in [0.3, 0.4) is 0 Å². The number of hydrogen-bond donors (Lipinski definition) is 0. The van der Waals surface area contributed by atoms with E-state index in [0.29, 0.717) is 22.6 Å². The van der Waals surface area contributed by atoms with Crippen molar-refractivity contribution in [2.45, 2.75) is 6.61 Å². The molecular formula is C21H13FN2O2S. The number of benzene rings is 1. The molecule has 0 saturated heterocycles. The van der Waals surface area contributed by atoms with E-state index in [2.05, 4.69) is 11.1 Å². The Balaban J connectivity index is 1.76. The zero-order valence-electron chi connectivity index (χ0n) is 14.1. The minimum atomic E-state index is -0.311. The van der Waals surface area contributed by atoms with Gasteiger partial charge in [-0.25, -0.2) is 9.37 Å². The molecule has 0 radical (unpaired) electrons. The maximum atomic E-state index is 13.1. The van der Waals surface area contributed by atoms with E-state index < -0.39 is 0 Å². The standard InChI is InChI=1S/C21H13FN2O2S/c22-15-7-5-14(6-8-15)13-26-21-17(12-23)16(19-3-1-9-25-19)11-18(24-21)20-4-2-10-27-20/h1-11H,13H2. The monoisotopic (exact) mass is 376 g/mol. The zero-order valence-corrected chi connectivity index (χ0v) is 14.9. The summed E-state index contributed by atoms with van der Waals surface area (Å²) in [5, 5.41) is 11.7. The molecule has 0 saturated carbocycles. The van der Waals surface area contributed by atoms with Gasteiger partial charge >= 0.3 is 0 Å². The summed E-state index contributed by atoms with van der Waals surface area (Å²) < 4.78 is 24.4. The van der Waals surface area contributed by atoms with Gasteiger partial charge in [0.2, 0.25) is 5.88 Å². The lowest BCUT2D eigenvalue weighted by atomic mass is 10.1.